The van der Waals surface area contributed by atoms with Crippen LogP contribution in [-0.2, 0) is 16.0 Å². The Morgan fingerprint density at radius 3 is 2.15 bits per heavy atom. The van der Waals surface area contributed by atoms with Gasteiger partial charge in [-0.05, 0) is 61.1 Å². The fourth-order valence-electron chi connectivity index (χ4n) is 5.67. The molecule has 0 aromatic heterocycles. The number of carbonyl (C=O) groups excluding carboxylic acids is 2. The Balaban J connectivity index is 1.65. The lowest BCUT2D eigenvalue weighted by Gasteiger charge is -2.43. The average molecular weight is 539 g/mol. The molecule has 1 heterocycles. The number of amides is 2. The van der Waals surface area contributed by atoms with E-state index in [4.69, 9.17) is 18.9 Å². The summed E-state index contributed by atoms with van der Waals surface area (Å²) in [4.78, 5) is 31.4. The van der Waals surface area contributed by atoms with Crippen LogP contribution < -0.4 is 18.9 Å². The van der Waals surface area contributed by atoms with E-state index >= 15 is 0 Å². The Bertz CT molecular complexity index is 1130. The minimum atomic E-state index is -0.719. The minimum Gasteiger partial charge on any atom is -0.493 e. The van der Waals surface area contributed by atoms with Crippen LogP contribution in [0.15, 0.2) is 36.4 Å². The van der Waals surface area contributed by atoms with Crippen LogP contribution in [0.5, 0.6) is 23.0 Å². The normalized spacial score (nSPS) is 18.6. The lowest BCUT2D eigenvalue weighted by atomic mass is 9.96. The third-order valence-corrected chi connectivity index (χ3v) is 7.77. The van der Waals surface area contributed by atoms with Crippen molar-refractivity contribution < 1.29 is 28.5 Å². The van der Waals surface area contributed by atoms with Crippen LogP contribution in [0.4, 0.5) is 0 Å². The predicted molar refractivity (Wildman–Crippen MR) is 150 cm³/mol. The van der Waals surface area contributed by atoms with E-state index in [0.717, 1.165) is 43.2 Å². The second-order valence-corrected chi connectivity index (χ2v) is 10.3. The molecule has 39 heavy (non-hydrogen) atoms. The van der Waals surface area contributed by atoms with Crippen molar-refractivity contribution in [1.82, 2.24) is 9.80 Å². The maximum absolute atomic E-state index is 14.2. The van der Waals surface area contributed by atoms with Gasteiger partial charge in [0.15, 0.2) is 23.0 Å². The van der Waals surface area contributed by atoms with Crippen LogP contribution in [0.1, 0.15) is 69.0 Å². The minimum absolute atomic E-state index is 0.0157. The molecule has 1 aliphatic carbocycles. The van der Waals surface area contributed by atoms with E-state index in [1.807, 2.05) is 48.2 Å². The van der Waals surface area contributed by atoms with Crippen molar-refractivity contribution in [1.29, 1.82) is 0 Å². The number of hydrogen-bond acceptors (Lipinski definition) is 6. The smallest absolute Gasteiger partial charge is 0.250 e. The van der Waals surface area contributed by atoms with Gasteiger partial charge in [-0.25, -0.2) is 0 Å². The molecule has 2 amide bonds. The van der Waals surface area contributed by atoms with Crippen LogP contribution in [0, 0.1) is 0 Å². The molecule has 0 unspecified atom stereocenters. The first-order valence-corrected chi connectivity index (χ1v) is 14.1. The van der Waals surface area contributed by atoms with Crippen molar-refractivity contribution >= 4 is 11.8 Å². The molecule has 0 spiro atoms. The van der Waals surface area contributed by atoms with Gasteiger partial charge in [0.05, 0.1) is 27.9 Å². The Morgan fingerprint density at radius 1 is 0.821 bits per heavy atom. The summed E-state index contributed by atoms with van der Waals surface area (Å²) >= 11 is 0. The first kappa shape index (κ1) is 28.6. The first-order valence-electron chi connectivity index (χ1n) is 14.1. The second kappa shape index (κ2) is 13.6. The SMILES string of the molecule is CCCOc1ccc([C@H]2C(=O)N(C3CCCCCC3)CC(=O)N2CCc2ccc(OC)c(OC)c2)cc1OC. The third kappa shape index (κ3) is 6.60. The Hall–Kier alpha value is -3.42. The largest absolute Gasteiger partial charge is 0.493 e. The van der Waals surface area contributed by atoms with Gasteiger partial charge in [0.25, 0.3) is 5.91 Å². The zero-order valence-corrected chi connectivity index (χ0v) is 23.7. The second-order valence-electron chi connectivity index (χ2n) is 10.3. The molecule has 2 aliphatic rings. The molecule has 0 bridgehead atoms. The molecule has 1 saturated carbocycles. The Kier molecular flexibility index (Phi) is 9.96. The number of rotatable bonds is 11. The van der Waals surface area contributed by atoms with E-state index < -0.39 is 6.04 Å². The fourth-order valence-corrected chi connectivity index (χ4v) is 5.67. The van der Waals surface area contributed by atoms with Crippen molar-refractivity contribution in [3.8, 4) is 23.0 Å². The number of ether oxygens (including phenoxy) is 4. The monoisotopic (exact) mass is 538 g/mol. The molecule has 0 N–H and O–H groups in total. The molecule has 0 radical (unpaired) electrons. The molecule has 1 saturated heterocycles. The van der Waals surface area contributed by atoms with E-state index in [1.165, 1.54) is 12.8 Å². The quantitative estimate of drug-likeness (QED) is 0.367. The number of methoxy groups -OCH3 is 3. The molecule has 8 nitrogen and oxygen atoms in total. The standard InChI is InChI=1S/C31H42N2O6/c1-5-18-39-26-15-13-23(20-28(26)38-4)30-31(35)33(24-10-8-6-7-9-11-24)21-29(34)32(30)17-16-22-12-14-25(36-2)27(19-22)37-3/h12-15,19-20,24,30H,5-11,16-18,21H2,1-4H3/t30-/m0/s1. The molecular formula is C31H42N2O6. The van der Waals surface area contributed by atoms with Gasteiger partial charge in [0, 0.05) is 12.6 Å². The van der Waals surface area contributed by atoms with Crippen molar-refractivity contribution in [3.05, 3.63) is 47.5 Å². The molecule has 1 aliphatic heterocycles. The molecule has 2 fully saturated rings. The first-order chi connectivity index (χ1) is 19.0. The number of benzene rings is 2. The molecule has 2 aromatic carbocycles. The van der Waals surface area contributed by atoms with Gasteiger partial charge in [-0.2, -0.15) is 0 Å². The summed E-state index contributed by atoms with van der Waals surface area (Å²) in [6.07, 6.45) is 7.90. The van der Waals surface area contributed by atoms with Gasteiger partial charge < -0.3 is 28.7 Å². The number of piperazine rings is 1. The molecule has 4 rings (SSSR count). The number of carbonyl (C=O) groups is 2. The summed E-state index contributed by atoms with van der Waals surface area (Å²) in [7, 11) is 4.80. The summed E-state index contributed by atoms with van der Waals surface area (Å²) in [5.74, 6) is 2.44. The van der Waals surface area contributed by atoms with E-state index in [2.05, 4.69) is 0 Å². The van der Waals surface area contributed by atoms with Crippen molar-refractivity contribution in [2.45, 2.75) is 70.4 Å². The maximum Gasteiger partial charge on any atom is 0.250 e. The Morgan fingerprint density at radius 2 is 1.49 bits per heavy atom. The molecule has 8 heteroatoms. The molecular weight excluding hydrogens is 496 g/mol. The van der Waals surface area contributed by atoms with Crippen LogP contribution in [0.25, 0.3) is 0 Å². The van der Waals surface area contributed by atoms with Crippen molar-refractivity contribution in [2.24, 2.45) is 0 Å². The molecule has 1 atom stereocenters. The van der Waals surface area contributed by atoms with Crippen molar-refractivity contribution in [3.63, 3.8) is 0 Å². The van der Waals surface area contributed by atoms with E-state index in [1.54, 1.807) is 26.2 Å². The lowest BCUT2D eigenvalue weighted by molar-refractivity contribution is -0.158. The zero-order chi connectivity index (χ0) is 27.8. The summed E-state index contributed by atoms with van der Waals surface area (Å²) < 4.78 is 22.3. The average Bonchev–Trinajstić information content (AvgIpc) is 3.25. The highest BCUT2D eigenvalue weighted by molar-refractivity contribution is 5.96. The molecule has 212 valence electrons. The van der Waals surface area contributed by atoms with Gasteiger partial charge in [-0.15, -0.1) is 0 Å². The topological polar surface area (TPSA) is 77.5 Å². The maximum atomic E-state index is 14.2. The number of hydrogen-bond donors (Lipinski definition) is 0. The molecule has 2 aromatic rings. The predicted octanol–water partition coefficient (Wildman–Crippen LogP) is 5.18. The van der Waals surface area contributed by atoms with E-state index in [9.17, 15) is 9.59 Å². The third-order valence-electron chi connectivity index (χ3n) is 7.77. The lowest BCUT2D eigenvalue weighted by Crippen LogP contribution is -2.58. The van der Waals surface area contributed by atoms with E-state index in [0.29, 0.717) is 42.6 Å². The van der Waals surface area contributed by atoms with Gasteiger partial charge >= 0.3 is 0 Å². The van der Waals surface area contributed by atoms with Gasteiger partial charge in [-0.3, -0.25) is 9.59 Å². The summed E-state index contributed by atoms with van der Waals surface area (Å²) in [5.41, 5.74) is 1.73. The van der Waals surface area contributed by atoms with Crippen LogP contribution in [-0.4, -0.2) is 68.7 Å². The van der Waals surface area contributed by atoms with E-state index in [-0.39, 0.29) is 24.4 Å². The van der Waals surface area contributed by atoms with Crippen LogP contribution in [0.2, 0.25) is 0 Å². The summed E-state index contributed by atoms with van der Waals surface area (Å²) in [6.45, 7) is 3.15. The Labute approximate surface area is 232 Å². The summed E-state index contributed by atoms with van der Waals surface area (Å²) in [6, 6.07) is 10.7. The highest BCUT2D eigenvalue weighted by atomic mass is 16.5. The zero-order valence-electron chi connectivity index (χ0n) is 23.7. The van der Waals surface area contributed by atoms with Gasteiger partial charge in [0.2, 0.25) is 5.91 Å². The highest BCUT2D eigenvalue weighted by Crippen LogP contribution is 2.37. The van der Waals surface area contributed by atoms with Crippen LogP contribution >= 0.6 is 0 Å². The number of nitrogens with zero attached hydrogens (tertiary/aromatic N) is 2. The van der Waals surface area contributed by atoms with Crippen LogP contribution in [0.3, 0.4) is 0 Å². The van der Waals surface area contributed by atoms with Crippen molar-refractivity contribution in [2.75, 3.05) is 41.0 Å². The highest BCUT2D eigenvalue weighted by Gasteiger charge is 2.42. The van der Waals surface area contributed by atoms with Gasteiger partial charge in [-0.1, -0.05) is 44.7 Å². The summed E-state index contributed by atoms with van der Waals surface area (Å²) in [5, 5.41) is 0. The fraction of sp³-hybridized carbons (Fsp3) is 0.548. The van der Waals surface area contributed by atoms with Gasteiger partial charge in [0.1, 0.15) is 12.6 Å².